The molecular weight excluding hydrogens is 220 g/mol. The van der Waals surface area contributed by atoms with Crippen molar-refractivity contribution in [3.8, 4) is 0 Å². The Kier molecular flexibility index (Phi) is 6.99. The number of hydrogen-bond donors (Lipinski definition) is 1. The van der Waals surface area contributed by atoms with Gasteiger partial charge in [0.1, 0.15) is 0 Å². The lowest BCUT2D eigenvalue weighted by atomic mass is 10.1. The normalized spacial score (nSPS) is 11.4. The minimum absolute atomic E-state index is 0.538. The van der Waals surface area contributed by atoms with Gasteiger partial charge in [0.05, 0.1) is 0 Å². The third kappa shape index (κ3) is 5.65. The number of nitrogens with zero attached hydrogens (tertiary/aromatic N) is 1. The van der Waals surface area contributed by atoms with E-state index in [9.17, 15) is 0 Å². The van der Waals surface area contributed by atoms with E-state index < -0.39 is 0 Å². The zero-order valence-electron chi connectivity index (χ0n) is 12.4. The second kappa shape index (κ2) is 8.28. The van der Waals surface area contributed by atoms with Gasteiger partial charge in [0.15, 0.2) is 0 Å². The molecule has 1 aromatic rings. The summed E-state index contributed by atoms with van der Waals surface area (Å²) in [6, 6.07) is 9.29. The molecule has 1 rings (SSSR count). The van der Waals surface area contributed by atoms with Gasteiger partial charge in [-0.05, 0) is 31.1 Å². The van der Waals surface area contributed by atoms with E-state index in [1.54, 1.807) is 0 Å². The molecule has 0 atom stereocenters. The minimum atomic E-state index is 0.538. The van der Waals surface area contributed by atoms with Crippen molar-refractivity contribution >= 4 is 0 Å². The SMILES string of the molecule is CCCCN(C)Cc1ccccc1CNC(C)C. The van der Waals surface area contributed by atoms with Gasteiger partial charge in [-0.15, -0.1) is 0 Å². The van der Waals surface area contributed by atoms with E-state index in [4.69, 9.17) is 0 Å². The summed E-state index contributed by atoms with van der Waals surface area (Å²) in [4.78, 5) is 2.41. The lowest BCUT2D eigenvalue weighted by molar-refractivity contribution is 0.319. The maximum Gasteiger partial charge on any atom is 0.0233 e. The molecule has 0 heterocycles. The van der Waals surface area contributed by atoms with Crippen LogP contribution >= 0.6 is 0 Å². The molecule has 1 aromatic carbocycles. The van der Waals surface area contributed by atoms with Crippen molar-refractivity contribution in [2.24, 2.45) is 0 Å². The predicted molar refractivity (Wildman–Crippen MR) is 79.7 cm³/mol. The Morgan fingerprint density at radius 1 is 1.17 bits per heavy atom. The van der Waals surface area contributed by atoms with Gasteiger partial charge in [0.25, 0.3) is 0 Å². The van der Waals surface area contributed by atoms with Crippen molar-refractivity contribution < 1.29 is 0 Å². The van der Waals surface area contributed by atoms with Crippen molar-refractivity contribution in [3.63, 3.8) is 0 Å². The Labute approximate surface area is 112 Å². The van der Waals surface area contributed by atoms with E-state index in [0.717, 1.165) is 13.1 Å². The largest absolute Gasteiger partial charge is 0.310 e. The first kappa shape index (κ1) is 15.2. The fourth-order valence-corrected chi connectivity index (χ4v) is 2.00. The summed E-state index contributed by atoms with van der Waals surface area (Å²) in [5.74, 6) is 0. The average molecular weight is 248 g/mol. The summed E-state index contributed by atoms with van der Waals surface area (Å²) in [6.07, 6.45) is 2.55. The molecule has 0 fully saturated rings. The first-order valence-electron chi connectivity index (χ1n) is 7.12. The highest BCUT2D eigenvalue weighted by Gasteiger charge is 2.05. The highest BCUT2D eigenvalue weighted by Crippen LogP contribution is 2.11. The molecule has 0 saturated carbocycles. The lowest BCUT2D eigenvalue weighted by Gasteiger charge is -2.19. The molecule has 0 spiro atoms. The number of unbranched alkanes of at least 4 members (excludes halogenated alkanes) is 1. The van der Waals surface area contributed by atoms with Crippen LogP contribution in [0.4, 0.5) is 0 Å². The summed E-state index contributed by atoms with van der Waals surface area (Å²) in [6.45, 7) is 9.83. The van der Waals surface area contributed by atoms with Crippen LogP contribution in [0.3, 0.4) is 0 Å². The van der Waals surface area contributed by atoms with E-state index in [1.807, 2.05) is 0 Å². The first-order valence-corrected chi connectivity index (χ1v) is 7.12. The van der Waals surface area contributed by atoms with E-state index in [2.05, 4.69) is 62.3 Å². The van der Waals surface area contributed by atoms with Gasteiger partial charge in [-0.25, -0.2) is 0 Å². The number of rotatable bonds is 8. The van der Waals surface area contributed by atoms with Gasteiger partial charge < -0.3 is 10.2 Å². The maximum absolute atomic E-state index is 3.50. The summed E-state index contributed by atoms with van der Waals surface area (Å²) in [7, 11) is 2.21. The van der Waals surface area contributed by atoms with Crippen LogP contribution < -0.4 is 5.32 Å². The molecule has 0 aliphatic carbocycles. The molecule has 102 valence electrons. The van der Waals surface area contributed by atoms with E-state index in [-0.39, 0.29) is 0 Å². The van der Waals surface area contributed by atoms with Crippen molar-refractivity contribution in [2.45, 2.75) is 52.7 Å². The number of nitrogens with one attached hydrogen (secondary N) is 1. The molecule has 0 amide bonds. The summed E-state index contributed by atoms with van der Waals surface area (Å²) in [5.41, 5.74) is 2.87. The van der Waals surface area contributed by atoms with Crippen LogP contribution in [-0.4, -0.2) is 24.5 Å². The van der Waals surface area contributed by atoms with Crippen molar-refractivity contribution in [1.82, 2.24) is 10.2 Å². The molecule has 0 radical (unpaired) electrons. The monoisotopic (exact) mass is 248 g/mol. The van der Waals surface area contributed by atoms with Crippen LogP contribution in [0.1, 0.15) is 44.7 Å². The molecule has 2 nitrogen and oxygen atoms in total. The number of hydrogen-bond acceptors (Lipinski definition) is 2. The van der Waals surface area contributed by atoms with Gasteiger partial charge in [0, 0.05) is 19.1 Å². The Morgan fingerprint density at radius 2 is 1.83 bits per heavy atom. The molecule has 1 N–H and O–H groups in total. The van der Waals surface area contributed by atoms with Gasteiger partial charge in [0.2, 0.25) is 0 Å². The lowest BCUT2D eigenvalue weighted by Crippen LogP contribution is -2.24. The molecule has 0 aromatic heterocycles. The van der Waals surface area contributed by atoms with E-state index in [0.29, 0.717) is 6.04 Å². The maximum atomic E-state index is 3.50. The Balaban J connectivity index is 2.58. The molecule has 0 bridgehead atoms. The standard InChI is InChI=1S/C16H28N2/c1-5-6-11-18(4)13-16-10-8-7-9-15(16)12-17-14(2)3/h7-10,14,17H,5-6,11-13H2,1-4H3. The molecular formula is C16H28N2. The first-order chi connectivity index (χ1) is 8.63. The molecule has 2 heteroatoms. The fraction of sp³-hybridized carbons (Fsp3) is 0.625. The quantitative estimate of drug-likeness (QED) is 0.758. The molecule has 0 aliphatic rings. The smallest absolute Gasteiger partial charge is 0.0233 e. The summed E-state index contributed by atoms with van der Waals surface area (Å²) in [5, 5.41) is 3.50. The van der Waals surface area contributed by atoms with E-state index >= 15 is 0 Å². The molecule has 0 saturated heterocycles. The summed E-state index contributed by atoms with van der Waals surface area (Å²) >= 11 is 0. The van der Waals surface area contributed by atoms with Gasteiger partial charge in [-0.2, -0.15) is 0 Å². The minimum Gasteiger partial charge on any atom is -0.310 e. The van der Waals surface area contributed by atoms with Crippen LogP contribution in [0.2, 0.25) is 0 Å². The van der Waals surface area contributed by atoms with Crippen LogP contribution in [0.5, 0.6) is 0 Å². The topological polar surface area (TPSA) is 15.3 Å². The Hall–Kier alpha value is -0.860. The second-order valence-corrected chi connectivity index (χ2v) is 5.40. The summed E-state index contributed by atoms with van der Waals surface area (Å²) < 4.78 is 0. The van der Waals surface area contributed by atoms with Gasteiger partial charge in [-0.1, -0.05) is 51.5 Å². The zero-order valence-corrected chi connectivity index (χ0v) is 12.4. The van der Waals surface area contributed by atoms with E-state index in [1.165, 1.54) is 30.5 Å². The van der Waals surface area contributed by atoms with Crippen LogP contribution in [-0.2, 0) is 13.1 Å². The Bertz CT molecular complexity index is 334. The third-order valence-corrected chi connectivity index (χ3v) is 3.15. The zero-order chi connectivity index (χ0) is 13.4. The predicted octanol–water partition coefficient (Wildman–Crippen LogP) is 3.42. The van der Waals surface area contributed by atoms with Crippen molar-refractivity contribution in [1.29, 1.82) is 0 Å². The average Bonchev–Trinajstić information content (AvgIpc) is 2.35. The molecule has 0 unspecified atom stereocenters. The van der Waals surface area contributed by atoms with Crippen LogP contribution in [0, 0.1) is 0 Å². The van der Waals surface area contributed by atoms with Gasteiger partial charge >= 0.3 is 0 Å². The molecule has 0 aliphatic heterocycles. The molecule has 18 heavy (non-hydrogen) atoms. The van der Waals surface area contributed by atoms with Crippen molar-refractivity contribution in [3.05, 3.63) is 35.4 Å². The number of benzene rings is 1. The Morgan fingerprint density at radius 3 is 2.44 bits per heavy atom. The van der Waals surface area contributed by atoms with Crippen LogP contribution in [0.15, 0.2) is 24.3 Å². The second-order valence-electron chi connectivity index (χ2n) is 5.40. The van der Waals surface area contributed by atoms with Crippen molar-refractivity contribution in [2.75, 3.05) is 13.6 Å². The highest BCUT2D eigenvalue weighted by molar-refractivity contribution is 5.27. The van der Waals surface area contributed by atoms with Gasteiger partial charge in [-0.3, -0.25) is 0 Å². The third-order valence-electron chi connectivity index (χ3n) is 3.15. The van der Waals surface area contributed by atoms with Crippen LogP contribution in [0.25, 0.3) is 0 Å². The fourth-order valence-electron chi connectivity index (χ4n) is 2.00. The highest BCUT2D eigenvalue weighted by atomic mass is 15.1.